The highest BCUT2D eigenvalue weighted by atomic mass is 16.7. The van der Waals surface area contributed by atoms with Gasteiger partial charge in [0, 0.05) is 18.8 Å². The molecule has 0 spiro atoms. The highest BCUT2D eigenvalue weighted by Gasteiger charge is 2.11. The molecule has 1 heterocycles. The molecule has 0 radical (unpaired) electrons. The number of methoxy groups -OCH3 is 1. The van der Waals surface area contributed by atoms with Gasteiger partial charge in [-0.15, -0.1) is 0 Å². The molecular formula is C7H10BNO4. The topological polar surface area (TPSA) is 71.8 Å². The third-order valence-corrected chi connectivity index (χ3v) is 1.38. The Hall–Kier alpha value is -1.11. The van der Waals surface area contributed by atoms with Crippen LogP contribution in [0.25, 0.3) is 0 Å². The van der Waals surface area contributed by atoms with Crippen LogP contribution in [0.1, 0.15) is 0 Å². The number of nitrogens with zero attached hydrogens (tertiary/aromatic N) is 1. The van der Waals surface area contributed by atoms with Crippen LogP contribution < -0.4 is 10.2 Å². The summed E-state index contributed by atoms with van der Waals surface area (Å²) in [5, 5.41) is 17.6. The van der Waals surface area contributed by atoms with Crippen LogP contribution in [-0.2, 0) is 4.74 Å². The molecule has 0 aliphatic carbocycles. The zero-order chi connectivity index (χ0) is 9.68. The van der Waals surface area contributed by atoms with Crippen molar-refractivity contribution in [3.05, 3.63) is 18.5 Å². The van der Waals surface area contributed by atoms with Crippen LogP contribution in [0.15, 0.2) is 18.5 Å². The maximum absolute atomic E-state index is 8.80. The summed E-state index contributed by atoms with van der Waals surface area (Å²) in [6, 6.07) is 1.48. The molecule has 1 aromatic rings. The van der Waals surface area contributed by atoms with E-state index in [4.69, 9.17) is 14.8 Å². The fourth-order valence-corrected chi connectivity index (χ4v) is 0.783. The third-order valence-electron chi connectivity index (χ3n) is 1.38. The fourth-order valence-electron chi connectivity index (χ4n) is 0.783. The number of pyridine rings is 1. The van der Waals surface area contributed by atoms with Gasteiger partial charge in [0.2, 0.25) is 0 Å². The van der Waals surface area contributed by atoms with Gasteiger partial charge >= 0.3 is 7.12 Å². The Labute approximate surface area is 76.1 Å². The van der Waals surface area contributed by atoms with Crippen molar-refractivity contribution in [2.45, 2.75) is 0 Å². The van der Waals surface area contributed by atoms with Gasteiger partial charge in [-0.2, -0.15) is 0 Å². The van der Waals surface area contributed by atoms with Crippen LogP contribution in [0.4, 0.5) is 0 Å². The molecule has 70 valence electrons. The van der Waals surface area contributed by atoms with Crippen LogP contribution in [0.3, 0.4) is 0 Å². The van der Waals surface area contributed by atoms with Gasteiger partial charge in [0.05, 0.1) is 6.20 Å². The van der Waals surface area contributed by atoms with E-state index in [1.54, 1.807) is 0 Å². The summed E-state index contributed by atoms with van der Waals surface area (Å²) in [6.45, 7) is 0.104. The Morgan fingerprint density at radius 2 is 2.23 bits per heavy atom. The summed E-state index contributed by atoms with van der Waals surface area (Å²) in [5.41, 5.74) is 0.286. The van der Waals surface area contributed by atoms with Crippen molar-refractivity contribution >= 4 is 12.6 Å². The third kappa shape index (κ3) is 3.02. The van der Waals surface area contributed by atoms with E-state index in [2.05, 4.69) is 9.72 Å². The summed E-state index contributed by atoms with van der Waals surface area (Å²) in [7, 11) is -0.0309. The predicted octanol–water partition coefficient (Wildman–Crippen LogP) is -1.26. The summed E-state index contributed by atoms with van der Waals surface area (Å²) >= 11 is 0. The van der Waals surface area contributed by atoms with E-state index in [0.717, 1.165) is 0 Å². The van der Waals surface area contributed by atoms with Gasteiger partial charge in [0.1, 0.15) is 5.75 Å². The Morgan fingerprint density at radius 1 is 1.46 bits per heavy atom. The maximum atomic E-state index is 8.80. The average molecular weight is 183 g/mol. The first-order valence-corrected chi connectivity index (χ1v) is 3.67. The predicted molar refractivity (Wildman–Crippen MR) is 46.6 cm³/mol. The molecule has 0 atom stereocenters. The second-order valence-corrected chi connectivity index (χ2v) is 2.38. The summed E-state index contributed by atoms with van der Waals surface area (Å²) < 4.78 is 9.71. The largest absolute Gasteiger partial charge is 0.490 e. The first-order valence-electron chi connectivity index (χ1n) is 3.67. The molecule has 1 rings (SSSR count). The van der Waals surface area contributed by atoms with Gasteiger partial charge in [-0.25, -0.2) is 0 Å². The normalized spacial score (nSPS) is 9.77. The maximum Gasteiger partial charge on any atom is 0.490 e. The van der Waals surface area contributed by atoms with E-state index >= 15 is 0 Å². The minimum atomic E-state index is -1.53. The zero-order valence-electron chi connectivity index (χ0n) is 7.17. The molecule has 0 saturated heterocycles. The fraction of sp³-hybridized carbons (Fsp3) is 0.286. The van der Waals surface area contributed by atoms with Gasteiger partial charge in [-0.1, -0.05) is 0 Å². The molecule has 0 bridgehead atoms. The number of rotatable bonds is 4. The van der Waals surface area contributed by atoms with Crippen LogP contribution in [0.5, 0.6) is 5.75 Å². The van der Waals surface area contributed by atoms with E-state index < -0.39 is 7.12 Å². The van der Waals surface area contributed by atoms with Gasteiger partial charge in [0.25, 0.3) is 0 Å². The Kier molecular flexibility index (Phi) is 3.69. The van der Waals surface area contributed by atoms with Crippen molar-refractivity contribution in [2.75, 3.05) is 13.9 Å². The lowest BCUT2D eigenvalue weighted by molar-refractivity contribution is 0.0509. The zero-order valence-corrected chi connectivity index (χ0v) is 7.17. The van der Waals surface area contributed by atoms with Crippen LogP contribution in [0, 0.1) is 0 Å². The quantitative estimate of drug-likeness (QED) is 0.450. The van der Waals surface area contributed by atoms with Crippen LogP contribution in [0.2, 0.25) is 0 Å². The highest BCUT2D eigenvalue weighted by molar-refractivity contribution is 6.58. The van der Waals surface area contributed by atoms with Crippen molar-refractivity contribution in [3.8, 4) is 5.75 Å². The number of hydrogen-bond acceptors (Lipinski definition) is 5. The van der Waals surface area contributed by atoms with Crippen molar-refractivity contribution in [1.82, 2.24) is 4.98 Å². The molecule has 6 heteroatoms. The number of ether oxygens (including phenoxy) is 2. The first-order chi connectivity index (χ1) is 6.24. The van der Waals surface area contributed by atoms with E-state index in [1.165, 1.54) is 25.6 Å². The summed E-state index contributed by atoms with van der Waals surface area (Å²) in [4.78, 5) is 3.76. The molecule has 0 amide bonds. The molecule has 2 N–H and O–H groups in total. The Bertz CT molecular complexity index is 268. The molecule has 0 aromatic carbocycles. The molecule has 1 aromatic heterocycles. The van der Waals surface area contributed by atoms with Crippen LogP contribution in [-0.4, -0.2) is 36.1 Å². The molecule has 0 aliphatic heterocycles. The Balaban J connectivity index is 2.68. The van der Waals surface area contributed by atoms with E-state index in [9.17, 15) is 0 Å². The molecule has 0 fully saturated rings. The standard InChI is InChI=1S/C7H10BNO4/c1-12-5-13-7-2-6(8(10)11)3-9-4-7/h2-4,10-11H,5H2,1H3. The van der Waals surface area contributed by atoms with E-state index in [-0.39, 0.29) is 12.3 Å². The molecule has 5 nitrogen and oxygen atoms in total. The van der Waals surface area contributed by atoms with Gasteiger partial charge in [0.15, 0.2) is 6.79 Å². The van der Waals surface area contributed by atoms with Crippen molar-refractivity contribution in [3.63, 3.8) is 0 Å². The van der Waals surface area contributed by atoms with Gasteiger partial charge in [-0.3, -0.25) is 4.98 Å². The lowest BCUT2D eigenvalue weighted by Crippen LogP contribution is -2.30. The van der Waals surface area contributed by atoms with Crippen molar-refractivity contribution < 1.29 is 19.5 Å². The van der Waals surface area contributed by atoms with Crippen molar-refractivity contribution in [2.24, 2.45) is 0 Å². The second kappa shape index (κ2) is 4.81. The Morgan fingerprint density at radius 3 is 2.85 bits per heavy atom. The SMILES string of the molecule is COCOc1cncc(B(O)O)c1. The number of hydrogen-bond donors (Lipinski definition) is 2. The van der Waals surface area contributed by atoms with Crippen LogP contribution >= 0.6 is 0 Å². The number of aromatic nitrogens is 1. The lowest BCUT2D eigenvalue weighted by Gasteiger charge is -2.05. The molecule has 0 saturated carbocycles. The van der Waals surface area contributed by atoms with E-state index in [0.29, 0.717) is 5.75 Å². The smallest absolute Gasteiger partial charge is 0.466 e. The molecule has 0 aliphatic rings. The molecule has 13 heavy (non-hydrogen) atoms. The van der Waals surface area contributed by atoms with E-state index in [1.807, 2.05) is 0 Å². The average Bonchev–Trinajstić information content (AvgIpc) is 2.15. The molecule has 0 unspecified atom stereocenters. The van der Waals surface area contributed by atoms with Gasteiger partial charge < -0.3 is 19.5 Å². The highest BCUT2D eigenvalue weighted by Crippen LogP contribution is 2.04. The lowest BCUT2D eigenvalue weighted by atomic mass is 9.82. The monoisotopic (exact) mass is 183 g/mol. The summed E-state index contributed by atoms with van der Waals surface area (Å²) in [6.07, 6.45) is 2.81. The summed E-state index contributed by atoms with van der Waals surface area (Å²) in [5.74, 6) is 0.437. The molecular weight excluding hydrogens is 173 g/mol. The van der Waals surface area contributed by atoms with Crippen molar-refractivity contribution in [1.29, 1.82) is 0 Å². The second-order valence-electron chi connectivity index (χ2n) is 2.38. The minimum absolute atomic E-state index is 0.104. The first kappa shape index (κ1) is 9.98. The van der Waals surface area contributed by atoms with Gasteiger partial charge in [-0.05, 0) is 6.07 Å². The minimum Gasteiger partial charge on any atom is -0.466 e.